The highest BCUT2D eigenvalue weighted by molar-refractivity contribution is 5.25. The monoisotopic (exact) mass is 276 g/mol. The van der Waals surface area contributed by atoms with Crippen molar-refractivity contribution in [1.29, 1.82) is 0 Å². The molecular weight excluding hydrogens is 248 g/mol. The summed E-state index contributed by atoms with van der Waals surface area (Å²) in [6.07, 6.45) is 8.64. The third kappa shape index (κ3) is 4.78. The van der Waals surface area contributed by atoms with Crippen molar-refractivity contribution in [2.45, 2.75) is 71.6 Å². The Kier molecular flexibility index (Phi) is 5.84. The van der Waals surface area contributed by atoms with Crippen LogP contribution in [0.15, 0.2) is 18.3 Å². The second-order valence-corrected chi connectivity index (χ2v) is 6.33. The fourth-order valence-electron chi connectivity index (χ4n) is 2.83. The quantitative estimate of drug-likeness (QED) is 0.827. The van der Waals surface area contributed by atoms with E-state index in [2.05, 4.69) is 23.3 Å². The molecule has 0 radical (unpaired) electrons. The first-order chi connectivity index (χ1) is 9.65. The number of pyridine rings is 1. The molecule has 0 saturated heterocycles. The van der Waals surface area contributed by atoms with Gasteiger partial charge in [-0.1, -0.05) is 25.8 Å². The molecule has 3 nitrogen and oxygen atoms in total. The zero-order valence-electron chi connectivity index (χ0n) is 13.1. The van der Waals surface area contributed by atoms with Crippen molar-refractivity contribution in [3.05, 3.63) is 23.9 Å². The van der Waals surface area contributed by atoms with Gasteiger partial charge in [-0.3, -0.25) is 0 Å². The average molecular weight is 276 g/mol. The Hall–Kier alpha value is -1.09. The van der Waals surface area contributed by atoms with Gasteiger partial charge < -0.3 is 10.1 Å². The normalized spacial score (nSPS) is 23.6. The zero-order valence-corrected chi connectivity index (χ0v) is 13.1. The Balaban J connectivity index is 1.90. The first-order valence-electron chi connectivity index (χ1n) is 7.99. The van der Waals surface area contributed by atoms with Crippen LogP contribution in [-0.2, 0) is 6.54 Å². The summed E-state index contributed by atoms with van der Waals surface area (Å²) in [5, 5.41) is 3.69. The molecular formula is C17H28N2O. The van der Waals surface area contributed by atoms with Gasteiger partial charge in [0.25, 0.3) is 0 Å². The van der Waals surface area contributed by atoms with E-state index in [9.17, 15) is 0 Å². The fraction of sp³-hybridized carbons (Fsp3) is 0.706. The van der Waals surface area contributed by atoms with Crippen LogP contribution in [0.3, 0.4) is 0 Å². The highest BCUT2D eigenvalue weighted by atomic mass is 16.5. The summed E-state index contributed by atoms with van der Waals surface area (Å²) in [4.78, 5) is 4.35. The molecule has 3 heteroatoms. The van der Waals surface area contributed by atoms with Crippen LogP contribution in [-0.4, -0.2) is 17.1 Å². The summed E-state index contributed by atoms with van der Waals surface area (Å²) in [6.45, 7) is 7.31. The molecule has 1 aromatic rings. The van der Waals surface area contributed by atoms with Crippen molar-refractivity contribution >= 4 is 0 Å². The van der Waals surface area contributed by atoms with Crippen LogP contribution in [0.2, 0.25) is 0 Å². The van der Waals surface area contributed by atoms with Gasteiger partial charge in [-0.15, -0.1) is 0 Å². The smallest absolute Gasteiger partial charge is 0.218 e. The minimum atomic E-state index is 0.169. The van der Waals surface area contributed by atoms with Crippen molar-refractivity contribution < 1.29 is 4.74 Å². The molecule has 0 spiro atoms. The second-order valence-electron chi connectivity index (χ2n) is 6.33. The van der Waals surface area contributed by atoms with E-state index in [0.29, 0.717) is 6.04 Å². The van der Waals surface area contributed by atoms with Crippen LogP contribution in [0.25, 0.3) is 0 Å². The number of nitrogens with zero attached hydrogens (tertiary/aromatic N) is 1. The summed E-state index contributed by atoms with van der Waals surface area (Å²) in [5.74, 6) is 1.66. The molecule has 0 aromatic carbocycles. The molecule has 1 aliphatic carbocycles. The standard InChI is InChI=1S/C17H28N2O/c1-13(2)20-17-15(7-5-11-18-17)12-19-16-8-4-6-14(3)9-10-16/h5,7,11,13-14,16,19H,4,6,8-10,12H2,1-3H3. The third-order valence-corrected chi connectivity index (χ3v) is 4.04. The second kappa shape index (κ2) is 7.63. The zero-order chi connectivity index (χ0) is 14.4. The Morgan fingerprint density at radius 3 is 2.95 bits per heavy atom. The Labute approximate surface area is 123 Å². The first-order valence-corrected chi connectivity index (χ1v) is 7.99. The maximum absolute atomic E-state index is 5.78. The van der Waals surface area contributed by atoms with Gasteiger partial charge in [0.1, 0.15) is 0 Å². The average Bonchev–Trinajstić information content (AvgIpc) is 2.62. The highest BCUT2D eigenvalue weighted by Gasteiger charge is 2.16. The van der Waals surface area contributed by atoms with Gasteiger partial charge in [0, 0.05) is 24.3 Å². The summed E-state index contributed by atoms with van der Waals surface area (Å²) < 4.78 is 5.78. The van der Waals surface area contributed by atoms with E-state index in [1.54, 1.807) is 6.20 Å². The summed E-state index contributed by atoms with van der Waals surface area (Å²) in [7, 11) is 0. The molecule has 112 valence electrons. The lowest BCUT2D eigenvalue weighted by Gasteiger charge is -2.18. The van der Waals surface area contributed by atoms with E-state index in [-0.39, 0.29) is 6.10 Å². The van der Waals surface area contributed by atoms with Crippen molar-refractivity contribution in [2.75, 3.05) is 0 Å². The molecule has 1 heterocycles. The molecule has 1 aliphatic rings. The van der Waals surface area contributed by atoms with Gasteiger partial charge in [0.05, 0.1) is 6.10 Å². The predicted molar refractivity (Wildman–Crippen MR) is 82.9 cm³/mol. The number of aromatic nitrogens is 1. The Morgan fingerprint density at radius 1 is 1.30 bits per heavy atom. The van der Waals surface area contributed by atoms with Crippen molar-refractivity contribution in [3.63, 3.8) is 0 Å². The summed E-state index contributed by atoms with van der Waals surface area (Å²) in [6, 6.07) is 4.74. The van der Waals surface area contributed by atoms with Crippen molar-refractivity contribution in [2.24, 2.45) is 5.92 Å². The summed E-state index contributed by atoms with van der Waals surface area (Å²) >= 11 is 0. The summed E-state index contributed by atoms with van der Waals surface area (Å²) in [5.41, 5.74) is 1.17. The lowest BCUT2D eigenvalue weighted by molar-refractivity contribution is 0.229. The van der Waals surface area contributed by atoms with Crippen LogP contribution < -0.4 is 10.1 Å². The minimum absolute atomic E-state index is 0.169. The molecule has 0 aliphatic heterocycles. The largest absolute Gasteiger partial charge is 0.475 e. The molecule has 1 saturated carbocycles. The highest BCUT2D eigenvalue weighted by Crippen LogP contribution is 2.23. The fourth-order valence-corrected chi connectivity index (χ4v) is 2.83. The van der Waals surface area contributed by atoms with Gasteiger partial charge >= 0.3 is 0 Å². The van der Waals surface area contributed by atoms with Crippen LogP contribution in [0.4, 0.5) is 0 Å². The van der Waals surface area contributed by atoms with E-state index in [1.807, 2.05) is 19.9 Å². The molecule has 1 aromatic heterocycles. The number of hydrogen-bond acceptors (Lipinski definition) is 3. The van der Waals surface area contributed by atoms with Gasteiger partial charge in [-0.2, -0.15) is 0 Å². The van der Waals surface area contributed by atoms with E-state index < -0.39 is 0 Å². The third-order valence-electron chi connectivity index (χ3n) is 4.04. The van der Waals surface area contributed by atoms with Crippen LogP contribution in [0, 0.1) is 5.92 Å². The molecule has 2 atom stereocenters. The van der Waals surface area contributed by atoms with Gasteiger partial charge in [-0.05, 0) is 45.1 Å². The van der Waals surface area contributed by atoms with E-state index in [1.165, 1.54) is 37.7 Å². The van der Waals surface area contributed by atoms with Gasteiger partial charge in [0.2, 0.25) is 5.88 Å². The van der Waals surface area contributed by atoms with E-state index in [0.717, 1.165) is 18.3 Å². The molecule has 2 rings (SSSR count). The number of rotatable bonds is 5. The van der Waals surface area contributed by atoms with E-state index in [4.69, 9.17) is 4.74 Å². The van der Waals surface area contributed by atoms with Crippen LogP contribution in [0.5, 0.6) is 5.88 Å². The van der Waals surface area contributed by atoms with Crippen LogP contribution >= 0.6 is 0 Å². The topological polar surface area (TPSA) is 34.2 Å². The Bertz CT molecular complexity index is 406. The maximum Gasteiger partial charge on any atom is 0.218 e. The molecule has 1 N–H and O–H groups in total. The van der Waals surface area contributed by atoms with Gasteiger partial charge in [0.15, 0.2) is 0 Å². The molecule has 0 amide bonds. The molecule has 2 unspecified atom stereocenters. The predicted octanol–water partition coefficient (Wildman–Crippen LogP) is 3.93. The van der Waals surface area contributed by atoms with E-state index >= 15 is 0 Å². The van der Waals surface area contributed by atoms with Crippen LogP contribution in [0.1, 0.15) is 58.4 Å². The maximum atomic E-state index is 5.78. The molecule has 20 heavy (non-hydrogen) atoms. The lowest BCUT2D eigenvalue weighted by atomic mass is 10.0. The molecule has 0 bridgehead atoms. The Morgan fingerprint density at radius 2 is 2.15 bits per heavy atom. The van der Waals surface area contributed by atoms with Gasteiger partial charge in [-0.25, -0.2) is 4.98 Å². The SMILES string of the molecule is CC1CCCC(NCc2cccnc2OC(C)C)CC1. The minimum Gasteiger partial charge on any atom is -0.475 e. The first kappa shape index (κ1) is 15.3. The number of hydrogen-bond donors (Lipinski definition) is 1. The number of ether oxygens (including phenoxy) is 1. The molecule has 1 fully saturated rings. The van der Waals surface area contributed by atoms with Crippen molar-refractivity contribution in [1.82, 2.24) is 10.3 Å². The number of nitrogens with one attached hydrogen (secondary N) is 1. The van der Waals surface area contributed by atoms with Crippen molar-refractivity contribution in [3.8, 4) is 5.88 Å². The lowest BCUT2D eigenvalue weighted by Crippen LogP contribution is -2.28.